The summed E-state index contributed by atoms with van der Waals surface area (Å²) < 4.78 is 17.9. The lowest BCUT2D eigenvalue weighted by molar-refractivity contribution is -0.119. The van der Waals surface area contributed by atoms with Crippen molar-refractivity contribution in [1.82, 2.24) is 15.0 Å². The lowest BCUT2D eigenvalue weighted by atomic mass is 9.87. The Hall–Kier alpha value is -1.45. The Kier molecular flexibility index (Phi) is 8.08. The van der Waals surface area contributed by atoms with Gasteiger partial charge in [0, 0.05) is 29.4 Å². The van der Waals surface area contributed by atoms with Crippen LogP contribution in [0.5, 0.6) is 0 Å². The number of halogens is 1. The molecule has 1 amide bonds. The molecule has 2 aromatic rings. The van der Waals surface area contributed by atoms with Crippen LogP contribution in [0.2, 0.25) is 0 Å². The summed E-state index contributed by atoms with van der Waals surface area (Å²) in [4.78, 5) is 13.2. The molecule has 160 valence electrons. The predicted octanol–water partition coefficient (Wildman–Crippen LogP) is 5.31. The fourth-order valence-electron chi connectivity index (χ4n) is 4.54. The summed E-state index contributed by atoms with van der Waals surface area (Å²) in [5, 5.41) is 5.25. The molecule has 0 radical (unpaired) electrons. The molecule has 1 aromatic heterocycles. The number of nitrogens with zero attached hydrogens (tertiary/aromatic N) is 2. The number of hydrogen-bond donors (Lipinski definition) is 1. The van der Waals surface area contributed by atoms with E-state index in [0.29, 0.717) is 20.3 Å². The van der Waals surface area contributed by atoms with Gasteiger partial charge in [-0.15, -0.1) is 0 Å². The topological polar surface area (TPSA) is 45.2 Å². The highest BCUT2D eigenvalue weighted by atomic mass is 31.0. The quantitative estimate of drug-likeness (QED) is 0.734. The lowest BCUT2D eigenvalue weighted by Crippen LogP contribution is -2.35. The van der Waals surface area contributed by atoms with Crippen molar-refractivity contribution in [2.45, 2.75) is 71.3 Å². The highest BCUT2D eigenvalue weighted by Crippen LogP contribution is 2.36. The molecule has 1 saturated heterocycles. The van der Waals surface area contributed by atoms with E-state index in [4.69, 9.17) is 0 Å². The van der Waals surface area contributed by atoms with Gasteiger partial charge in [0.15, 0.2) is 0 Å². The third kappa shape index (κ3) is 6.26. The molecule has 4 rings (SSSR count). The maximum atomic E-state index is 13.2. The number of hydrogen-bond acceptors (Lipinski definition) is 3. The Morgan fingerprint density at radius 2 is 1.90 bits per heavy atom. The van der Waals surface area contributed by atoms with Gasteiger partial charge >= 0.3 is 0 Å². The highest BCUT2D eigenvalue weighted by Gasteiger charge is 2.23. The smallest absolute Gasteiger partial charge is 0.217 e. The number of amides is 1. The van der Waals surface area contributed by atoms with E-state index in [1.54, 1.807) is 19.1 Å². The van der Waals surface area contributed by atoms with Crippen molar-refractivity contribution in [3.63, 3.8) is 0 Å². The van der Waals surface area contributed by atoms with Crippen LogP contribution in [0, 0.1) is 11.7 Å². The van der Waals surface area contributed by atoms with E-state index in [1.807, 2.05) is 6.07 Å². The fourth-order valence-corrected chi connectivity index (χ4v) is 5.62. The maximum absolute atomic E-state index is 13.2. The summed E-state index contributed by atoms with van der Waals surface area (Å²) in [7, 11) is 0.409. The Morgan fingerprint density at radius 3 is 2.52 bits per heavy atom. The first-order valence-electron chi connectivity index (χ1n) is 11.1. The number of benzene rings is 1. The summed E-state index contributed by atoms with van der Waals surface area (Å²) in [6.45, 7) is 9.57. The van der Waals surface area contributed by atoms with Crippen LogP contribution < -0.4 is 5.32 Å². The van der Waals surface area contributed by atoms with E-state index >= 15 is 0 Å². The van der Waals surface area contributed by atoms with E-state index in [9.17, 15) is 9.18 Å². The van der Waals surface area contributed by atoms with Crippen molar-refractivity contribution in [3.05, 3.63) is 29.7 Å². The highest BCUT2D eigenvalue weighted by molar-refractivity contribution is 7.32. The molecule has 4 nitrogen and oxygen atoms in total. The first-order valence-corrected chi connectivity index (χ1v) is 12.0. The van der Waals surface area contributed by atoms with Crippen molar-refractivity contribution < 1.29 is 9.18 Å². The van der Waals surface area contributed by atoms with Crippen molar-refractivity contribution in [3.8, 4) is 0 Å². The molecule has 1 atom stereocenters. The summed E-state index contributed by atoms with van der Waals surface area (Å²) in [5.74, 6) is 1.41. The molecule has 29 heavy (non-hydrogen) atoms. The van der Waals surface area contributed by atoms with Crippen LogP contribution in [0.25, 0.3) is 10.5 Å². The number of piperidine rings is 1. The van der Waals surface area contributed by atoms with E-state index in [2.05, 4.69) is 28.8 Å². The Labute approximate surface area is 175 Å². The van der Waals surface area contributed by atoms with E-state index in [0.717, 1.165) is 17.6 Å². The second-order valence-electron chi connectivity index (χ2n) is 8.66. The predicted molar refractivity (Wildman–Crippen MR) is 121 cm³/mol. The largest absolute Gasteiger partial charge is 0.354 e. The van der Waals surface area contributed by atoms with Gasteiger partial charge in [0.05, 0.1) is 5.69 Å². The van der Waals surface area contributed by atoms with Crippen molar-refractivity contribution in [2.24, 2.45) is 5.92 Å². The summed E-state index contributed by atoms with van der Waals surface area (Å²) in [6.07, 6.45) is 7.25. The van der Waals surface area contributed by atoms with Crippen molar-refractivity contribution in [1.29, 1.82) is 0 Å². The van der Waals surface area contributed by atoms with Crippen LogP contribution in [0.3, 0.4) is 0 Å². The first kappa shape index (κ1) is 22.2. The number of carbonyl (C=O) groups is 1. The number of likely N-dealkylation sites (tertiary alicyclic amines) is 1. The molecular weight excluding hydrogens is 384 g/mol. The second kappa shape index (κ2) is 10.5. The molecular formula is C23H35FN3OP. The number of aromatic nitrogens is 1. The van der Waals surface area contributed by atoms with Crippen LogP contribution >= 0.6 is 8.35 Å². The third-order valence-corrected chi connectivity index (χ3v) is 7.41. The second-order valence-corrected chi connectivity index (χ2v) is 9.65. The molecule has 1 aromatic carbocycles. The van der Waals surface area contributed by atoms with Crippen molar-refractivity contribution >= 4 is 24.8 Å². The van der Waals surface area contributed by atoms with Crippen LogP contribution in [-0.2, 0) is 4.79 Å². The van der Waals surface area contributed by atoms with Gasteiger partial charge in [-0.25, -0.2) is 9.14 Å². The number of nitrogens with one attached hydrogen (secondary N) is 1. The molecule has 1 saturated carbocycles. The molecule has 2 aliphatic rings. The van der Waals surface area contributed by atoms with Crippen LogP contribution in [0.1, 0.15) is 70.9 Å². The van der Waals surface area contributed by atoms with Crippen LogP contribution in [0.4, 0.5) is 4.39 Å². The average molecular weight is 420 g/mol. The number of carbonyl (C=O) groups excluding carboxylic acids is 1. The lowest BCUT2D eigenvalue weighted by Gasteiger charge is -2.30. The van der Waals surface area contributed by atoms with Gasteiger partial charge in [-0.3, -0.25) is 4.79 Å². The number of fused-ring (bicyclic) bond motifs is 1. The van der Waals surface area contributed by atoms with Crippen LogP contribution in [-0.4, -0.2) is 41.2 Å². The van der Waals surface area contributed by atoms with Gasteiger partial charge in [0.1, 0.15) is 5.82 Å². The molecule has 2 heterocycles. The summed E-state index contributed by atoms with van der Waals surface area (Å²) in [6, 6.07) is 5.58. The van der Waals surface area contributed by atoms with Gasteiger partial charge in [-0.1, -0.05) is 13.8 Å². The first-order chi connectivity index (χ1) is 14.0. The van der Waals surface area contributed by atoms with Gasteiger partial charge in [-0.2, -0.15) is 0 Å². The minimum absolute atomic E-state index is 0.115. The zero-order chi connectivity index (χ0) is 20.8. The molecule has 1 aliphatic heterocycles. The SMILES string of the molecule is CC(=O)NC1CCC(C)CC1.CCN1CCC(c2n[pH]c3cc(F)ccc23)CC1. The molecule has 1 N–H and O–H groups in total. The molecule has 6 heteroatoms. The van der Waals surface area contributed by atoms with Crippen molar-refractivity contribution in [2.75, 3.05) is 19.6 Å². The van der Waals surface area contributed by atoms with Crippen LogP contribution in [0.15, 0.2) is 18.2 Å². The third-order valence-electron chi connectivity index (χ3n) is 6.40. The molecule has 0 spiro atoms. The monoisotopic (exact) mass is 419 g/mol. The summed E-state index contributed by atoms with van der Waals surface area (Å²) >= 11 is 0. The molecule has 0 bridgehead atoms. The Morgan fingerprint density at radius 1 is 1.21 bits per heavy atom. The number of rotatable bonds is 3. The maximum Gasteiger partial charge on any atom is 0.217 e. The Bertz CT molecular complexity index is 793. The van der Waals surface area contributed by atoms with E-state index in [-0.39, 0.29) is 11.7 Å². The molecule has 2 fully saturated rings. The average Bonchev–Trinajstić information content (AvgIpc) is 3.13. The Balaban J connectivity index is 0.000000188. The standard InChI is InChI=1S/C14H18FN2P.C9H17NO/c1-2-17-7-5-10(6-8-17)14-12-4-3-11(15)9-13(12)18-16-14;1-7-3-5-9(6-4-7)10-8(2)11/h3-4,9-10,18H,2,5-8H2,1H3;7,9H,3-6H2,1-2H3,(H,10,11). The van der Waals surface area contributed by atoms with Gasteiger partial charge < -0.3 is 10.2 Å². The minimum Gasteiger partial charge on any atom is -0.354 e. The minimum atomic E-state index is -0.140. The fraction of sp³-hybridized carbons (Fsp3) is 0.652. The molecule has 1 aliphatic carbocycles. The zero-order valence-corrected chi connectivity index (χ0v) is 19.0. The zero-order valence-electron chi connectivity index (χ0n) is 18.0. The molecule has 1 unspecified atom stereocenters. The van der Waals surface area contributed by atoms with E-state index in [1.165, 1.54) is 62.7 Å². The summed E-state index contributed by atoms with van der Waals surface area (Å²) in [5.41, 5.74) is 1.24. The van der Waals surface area contributed by atoms with Gasteiger partial charge in [-0.05, 0) is 90.6 Å². The normalized spacial score (nSPS) is 23.7. The van der Waals surface area contributed by atoms with E-state index < -0.39 is 0 Å². The van der Waals surface area contributed by atoms with Gasteiger partial charge in [0.2, 0.25) is 5.91 Å². The van der Waals surface area contributed by atoms with Gasteiger partial charge in [0.25, 0.3) is 0 Å².